The number of amides is 1. The van der Waals surface area contributed by atoms with Crippen molar-refractivity contribution in [2.24, 2.45) is 11.7 Å². The van der Waals surface area contributed by atoms with E-state index < -0.39 is 5.54 Å². The van der Waals surface area contributed by atoms with Crippen molar-refractivity contribution in [3.63, 3.8) is 0 Å². The van der Waals surface area contributed by atoms with E-state index in [1.54, 1.807) is 6.92 Å². The maximum absolute atomic E-state index is 12.4. The van der Waals surface area contributed by atoms with Gasteiger partial charge >= 0.3 is 0 Å². The second-order valence-corrected chi connectivity index (χ2v) is 6.61. The number of hydrogen-bond donors (Lipinski definition) is 2. The summed E-state index contributed by atoms with van der Waals surface area (Å²) in [6.45, 7) is 3.95. The van der Waals surface area contributed by atoms with E-state index in [4.69, 9.17) is 5.73 Å². The Balaban J connectivity index is 2.10. The molecule has 0 spiro atoms. The third-order valence-corrected chi connectivity index (χ3v) is 4.62. The number of hydrogen-bond acceptors (Lipinski definition) is 2. The van der Waals surface area contributed by atoms with E-state index in [2.05, 4.69) is 28.2 Å². The van der Waals surface area contributed by atoms with E-state index in [0.717, 1.165) is 16.5 Å². The summed E-state index contributed by atoms with van der Waals surface area (Å²) >= 11 is 3.39. The van der Waals surface area contributed by atoms with Gasteiger partial charge in [0.05, 0.1) is 0 Å². The van der Waals surface area contributed by atoms with Gasteiger partial charge in [-0.2, -0.15) is 0 Å². The largest absolute Gasteiger partial charge is 0.351 e. The number of rotatable bonds is 3. The Kier molecular flexibility index (Phi) is 4.31. The molecule has 3 atom stereocenters. The van der Waals surface area contributed by atoms with E-state index in [0.29, 0.717) is 5.92 Å². The summed E-state index contributed by atoms with van der Waals surface area (Å²) in [7, 11) is 0. The Morgan fingerprint density at radius 3 is 2.53 bits per heavy atom. The molecule has 3 unspecified atom stereocenters. The van der Waals surface area contributed by atoms with E-state index >= 15 is 0 Å². The molecule has 104 valence electrons. The molecule has 0 saturated heterocycles. The molecular formula is C15H21BrN2O. The van der Waals surface area contributed by atoms with Gasteiger partial charge in [-0.1, -0.05) is 41.4 Å². The average molecular weight is 325 g/mol. The quantitative estimate of drug-likeness (QED) is 0.898. The fourth-order valence-corrected chi connectivity index (χ4v) is 2.87. The maximum Gasteiger partial charge on any atom is 0.244 e. The monoisotopic (exact) mass is 324 g/mol. The van der Waals surface area contributed by atoms with Gasteiger partial charge in [-0.25, -0.2) is 0 Å². The van der Waals surface area contributed by atoms with Gasteiger partial charge in [0.15, 0.2) is 0 Å². The SMILES string of the molecule is CC1CCCC1NC(=O)C(C)(N)c1ccc(Br)cc1. The van der Waals surface area contributed by atoms with Crippen LogP contribution in [-0.4, -0.2) is 11.9 Å². The normalized spacial score (nSPS) is 25.9. The molecule has 1 aliphatic carbocycles. The maximum atomic E-state index is 12.4. The zero-order valence-electron chi connectivity index (χ0n) is 11.4. The summed E-state index contributed by atoms with van der Waals surface area (Å²) in [5.41, 5.74) is 6.08. The van der Waals surface area contributed by atoms with Crippen molar-refractivity contribution in [2.75, 3.05) is 0 Å². The summed E-state index contributed by atoms with van der Waals surface area (Å²) < 4.78 is 0.983. The molecule has 3 N–H and O–H groups in total. The third-order valence-electron chi connectivity index (χ3n) is 4.09. The van der Waals surface area contributed by atoms with Crippen LogP contribution in [-0.2, 0) is 10.3 Å². The molecule has 0 aliphatic heterocycles. The Morgan fingerprint density at radius 1 is 1.37 bits per heavy atom. The Labute approximate surface area is 123 Å². The summed E-state index contributed by atoms with van der Waals surface area (Å²) in [5, 5.41) is 3.11. The molecule has 1 aromatic carbocycles. The Morgan fingerprint density at radius 2 is 2.00 bits per heavy atom. The van der Waals surface area contributed by atoms with Gasteiger partial charge < -0.3 is 11.1 Å². The predicted octanol–water partition coefficient (Wildman–Crippen LogP) is 2.93. The van der Waals surface area contributed by atoms with Crippen LogP contribution in [0.25, 0.3) is 0 Å². The van der Waals surface area contributed by atoms with Crippen LogP contribution < -0.4 is 11.1 Å². The van der Waals surface area contributed by atoms with Crippen LogP contribution in [0.4, 0.5) is 0 Å². The van der Waals surface area contributed by atoms with E-state index in [9.17, 15) is 4.79 Å². The van der Waals surface area contributed by atoms with Crippen LogP contribution in [0.2, 0.25) is 0 Å². The van der Waals surface area contributed by atoms with Crippen LogP contribution in [0.1, 0.15) is 38.7 Å². The van der Waals surface area contributed by atoms with Gasteiger partial charge in [-0.05, 0) is 43.4 Å². The fourth-order valence-electron chi connectivity index (χ4n) is 2.61. The predicted molar refractivity (Wildman–Crippen MR) is 80.6 cm³/mol. The molecule has 0 aromatic heterocycles. The van der Waals surface area contributed by atoms with Gasteiger partial charge in [-0.3, -0.25) is 4.79 Å². The number of nitrogens with two attached hydrogens (primary N) is 1. The first-order chi connectivity index (χ1) is 8.91. The lowest BCUT2D eigenvalue weighted by Gasteiger charge is -2.27. The zero-order valence-corrected chi connectivity index (χ0v) is 13.0. The van der Waals surface area contributed by atoms with E-state index in [1.807, 2.05) is 24.3 Å². The van der Waals surface area contributed by atoms with Gasteiger partial charge in [-0.15, -0.1) is 0 Å². The molecule has 1 saturated carbocycles. The van der Waals surface area contributed by atoms with Crippen molar-refractivity contribution in [2.45, 2.75) is 44.7 Å². The van der Waals surface area contributed by atoms with Crippen molar-refractivity contribution < 1.29 is 4.79 Å². The molecule has 1 fully saturated rings. The van der Waals surface area contributed by atoms with Gasteiger partial charge in [0.25, 0.3) is 0 Å². The molecule has 19 heavy (non-hydrogen) atoms. The number of nitrogens with one attached hydrogen (secondary N) is 1. The average Bonchev–Trinajstić information content (AvgIpc) is 2.75. The Bertz CT molecular complexity index is 456. The summed E-state index contributed by atoms with van der Waals surface area (Å²) in [6.07, 6.45) is 3.43. The molecule has 2 rings (SSSR count). The topological polar surface area (TPSA) is 55.1 Å². The summed E-state index contributed by atoms with van der Waals surface area (Å²) in [6, 6.07) is 7.87. The minimum Gasteiger partial charge on any atom is -0.351 e. The second-order valence-electron chi connectivity index (χ2n) is 5.70. The van der Waals surface area contributed by atoms with Crippen molar-refractivity contribution >= 4 is 21.8 Å². The van der Waals surface area contributed by atoms with Gasteiger partial charge in [0.2, 0.25) is 5.91 Å². The number of carbonyl (C=O) groups is 1. The smallest absolute Gasteiger partial charge is 0.244 e. The Hall–Kier alpha value is -0.870. The van der Waals surface area contributed by atoms with Crippen LogP contribution in [0.5, 0.6) is 0 Å². The molecule has 4 heteroatoms. The van der Waals surface area contributed by atoms with Crippen molar-refractivity contribution in [1.29, 1.82) is 0 Å². The molecule has 0 radical (unpaired) electrons. The molecule has 3 nitrogen and oxygen atoms in total. The lowest BCUT2D eigenvalue weighted by molar-refractivity contribution is -0.127. The summed E-state index contributed by atoms with van der Waals surface area (Å²) in [5.74, 6) is 0.457. The molecule has 0 heterocycles. The van der Waals surface area contributed by atoms with Crippen LogP contribution in [0.3, 0.4) is 0 Å². The summed E-state index contributed by atoms with van der Waals surface area (Å²) in [4.78, 5) is 12.4. The highest BCUT2D eigenvalue weighted by Gasteiger charge is 2.34. The lowest BCUT2D eigenvalue weighted by atomic mass is 9.91. The van der Waals surface area contributed by atoms with E-state index in [-0.39, 0.29) is 11.9 Å². The molecule has 1 aromatic rings. The standard InChI is InChI=1S/C15H21BrN2O/c1-10-4-3-5-13(10)18-14(19)15(2,17)11-6-8-12(16)9-7-11/h6-10,13H,3-5,17H2,1-2H3,(H,18,19). The molecular weight excluding hydrogens is 304 g/mol. The highest BCUT2D eigenvalue weighted by Crippen LogP contribution is 2.26. The van der Waals surface area contributed by atoms with Crippen LogP contribution >= 0.6 is 15.9 Å². The number of halogens is 1. The third kappa shape index (κ3) is 3.18. The highest BCUT2D eigenvalue weighted by atomic mass is 79.9. The number of carbonyl (C=O) groups excluding carboxylic acids is 1. The fraction of sp³-hybridized carbons (Fsp3) is 0.533. The first kappa shape index (κ1) is 14.5. The van der Waals surface area contributed by atoms with E-state index in [1.165, 1.54) is 12.8 Å². The molecule has 0 bridgehead atoms. The minimum atomic E-state index is -0.983. The highest BCUT2D eigenvalue weighted by molar-refractivity contribution is 9.10. The van der Waals surface area contributed by atoms with Crippen molar-refractivity contribution in [3.05, 3.63) is 34.3 Å². The van der Waals surface area contributed by atoms with Crippen LogP contribution in [0.15, 0.2) is 28.7 Å². The first-order valence-corrected chi connectivity index (χ1v) is 7.56. The second kappa shape index (κ2) is 5.63. The zero-order chi connectivity index (χ0) is 14.0. The van der Waals surface area contributed by atoms with Crippen molar-refractivity contribution in [3.8, 4) is 0 Å². The first-order valence-electron chi connectivity index (χ1n) is 6.77. The van der Waals surface area contributed by atoms with Crippen LogP contribution in [0, 0.1) is 5.92 Å². The van der Waals surface area contributed by atoms with Gasteiger partial charge in [0.1, 0.15) is 5.54 Å². The van der Waals surface area contributed by atoms with Crippen molar-refractivity contribution in [1.82, 2.24) is 5.32 Å². The van der Waals surface area contributed by atoms with Gasteiger partial charge in [0, 0.05) is 10.5 Å². The molecule has 1 amide bonds. The molecule has 1 aliphatic rings. The minimum absolute atomic E-state index is 0.0893. The lowest BCUT2D eigenvalue weighted by Crippen LogP contribution is -2.52. The number of benzene rings is 1.